The number of esters is 2. The number of hydrogen-bond acceptors (Lipinski definition) is 20. The van der Waals surface area contributed by atoms with Crippen LogP contribution in [0.1, 0.15) is 133 Å². The van der Waals surface area contributed by atoms with Gasteiger partial charge in [0.25, 0.3) is 0 Å². The first-order valence-corrected chi connectivity index (χ1v) is 27.9. The molecule has 4 heterocycles. The number of fused-ring (bicyclic) bond motifs is 5. The van der Waals surface area contributed by atoms with Crippen LogP contribution in [-0.2, 0) is 80.7 Å². The molecular weight excluding hydrogens is 993 g/mol. The monoisotopic (exact) mass is 1080 g/mol. The Balaban J connectivity index is 0.886. The Hall–Kier alpha value is -2.25. The third-order valence-corrected chi connectivity index (χ3v) is 19.0. The van der Waals surface area contributed by atoms with Crippen LogP contribution in [-0.4, -0.2) is 190 Å². The van der Waals surface area contributed by atoms with E-state index in [1.54, 1.807) is 28.3 Å². The Kier molecular flexibility index (Phi) is 19.0. The van der Waals surface area contributed by atoms with Crippen molar-refractivity contribution >= 4 is 17.7 Å². The number of hydrogen-bond donors (Lipinski definition) is 3. The fourth-order valence-electron chi connectivity index (χ4n) is 15.1. The van der Waals surface area contributed by atoms with E-state index in [4.69, 9.17) is 66.3 Å². The molecule has 0 radical (unpaired) electrons. The predicted octanol–water partition coefficient (Wildman–Crippen LogP) is 4.85. The van der Waals surface area contributed by atoms with E-state index in [1.165, 1.54) is 21.0 Å². The van der Waals surface area contributed by atoms with Gasteiger partial charge in [0.1, 0.15) is 54.6 Å². The number of ether oxygens (including phenoxy) is 14. The molecule has 20 heteroatoms. The van der Waals surface area contributed by atoms with Crippen molar-refractivity contribution in [2.45, 2.75) is 262 Å². The maximum absolute atomic E-state index is 13.6. The molecule has 434 valence electrons. The zero-order valence-corrected chi connectivity index (χ0v) is 47.3. The van der Waals surface area contributed by atoms with E-state index < -0.39 is 157 Å². The summed E-state index contributed by atoms with van der Waals surface area (Å²) >= 11 is 0. The molecule has 0 unspecified atom stereocenters. The second-order valence-corrected chi connectivity index (χ2v) is 24.0. The van der Waals surface area contributed by atoms with Crippen LogP contribution in [0.4, 0.5) is 0 Å². The molecule has 7 fully saturated rings. The number of ketones is 1. The molecule has 4 aliphatic carbocycles. The average Bonchev–Trinajstić information content (AvgIpc) is 3.88. The van der Waals surface area contributed by atoms with E-state index in [9.17, 15) is 29.7 Å². The molecule has 20 nitrogen and oxygen atoms in total. The van der Waals surface area contributed by atoms with Crippen LogP contribution in [0.3, 0.4) is 0 Å². The summed E-state index contributed by atoms with van der Waals surface area (Å²) in [5, 5.41) is 34.5. The van der Waals surface area contributed by atoms with Gasteiger partial charge in [-0.1, -0.05) is 39.3 Å². The molecule has 26 atom stereocenters. The molecule has 0 spiro atoms. The number of aliphatic hydroxyl groups is 3. The standard InChI is InChI=1S/C56H90O20/c1-26(2)21-40(59)73-52-50(71-32(8)58)44-36(56(62)20-18-35(27(3)57)55(52,56)10)16-15-33-22-34(17-19-54(33,44)9)72-41-23-37(63-11)47(29(5)67-41)74-42-24-38(64-12)48(30(6)68-42)75-43-25-39(65-13)49(31(7)69-43)76-53-46(61)51(66-14)45(60)28(4)70-53/h15,26,28-31,34-39,41-53,60-62H,16-25H2,1-14H3/t28-,29-,30-,31-,34-,35-,36-,37+,38+,39-,41+,42+,43+,44-,45-,46-,47-,48-,49-,50+,51-,52-,53+,54+,55+,56+/m1/s1. The lowest BCUT2D eigenvalue weighted by atomic mass is 9.44. The Morgan fingerprint density at radius 2 is 1.21 bits per heavy atom. The van der Waals surface area contributed by atoms with Crippen LogP contribution >= 0.6 is 0 Å². The van der Waals surface area contributed by atoms with Gasteiger partial charge in [0.15, 0.2) is 25.2 Å². The van der Waals surface area contributed by atoms with Crippen molar-refractivity contribution in [3.63, 3.8) is 0 Å². The summed E-state index contributed by atoms with van der Waals surface area (Å²) in [6, 6.07) is 0. The molecule has 0 bridgehead atoms. The topological polar surface area (TPSA) is 241 Å². The van der Waals surface area contributed by atoms with Gasteiger partial charge < -0.3 is 81.6 Å². The lowest BCUT2D eigenvalue weighted by Crippen LogP contribution is -2.72. The number of methoxy groups -OCH3 is 4. The molecule has 0 amide bonds. The number of carbonyl (C=O) groups excluding carboxylic acids is 3. The minimum atomic E-state index is -1.36. The van der Waals surface area contributed by atoms with Crippen molar-refractivity contribution in [1.29, 1.82) is 0 Å². The van der Waals surface area contributed by atoms with Gasteiger partial charge >= 0.3 is 11.9 Å². The maximum Gasteiger partial charge on any atom is 0.306 e. The molecule has 4 aliphatic heterocycles. The zero-order chi connectivity index (χ0) is 55.3. The minimum Gasteiger partial charge on any atom is -0.458 e. The largest absolute Gasteiger partial charge is 0.458 e. The minimum absolute atomic E-state index is 0.0132. The van der Waals surface area contributed by atoms with Crippen LogP contribution in [0.25, 0.3) is 0 Å². The van der Waals surface area contributed by atoms with Gasteiger partial charge in [-0.05, 0) is 90.4 Å². The summed E-state index contributed by atoms with van der Waals surface area (Å²) in [4.78, 5) is 40.0. The van der Waals surface area contributed by atoms with Gasteiger partial charge in [0.2, 0.25) is 0 Å². The van der Waals surface area contributed by atoms with Crippen LogP contribution in [0.15, 0.2) is 11.6 Å². The third kappa shape index (κ3) is 11.4. The fraction of sp³-hybridized carbons (Fsp3) is 0.911. The molecule has 3 saturated carbocycles. The third-order valence-electron chi connectivity index (χ3n) is 19.0. The summed E-state index contributed by atoms with van der Waals surface area (Å²) < 4.78 is 87.6. The molecular formula is C56H90O20. The van der Waals surface area contributed by atoms with Gasteiger partial charge in [-0.3, -0.25) is 14.4 Å². The Morgan fingerprint density at radius 3 is 1.71 bits per heavy atom. The molecule has 4 saturated heterocycles. The van der Waals surface area contributed by atoms with Crippen molar-refractivity contribution in [3.8, 4) is 0 Å². The van der Waals surface area contributed by atoms with Crippen LogP contribution in [0.2, 0.25) is 0 Å². The van der Waals surface area contributed by atoms with Gasteiger partial charge in [-0.25, -0.2) is 0 Å². The highest BCUT2D eigenvalue weighted by Gasteiger charge is 2.75. The van der Waals surface area contributed by atoms with E-state index in [0.29, 0.717) is 57.8 Å². The fourth-order valence-corrected chi connectivity index (χ4v) is 15.1. The highest BCUT2D eigenvalue weighted by Crippen LogP contribution is 2.69. The van der Waals surface area contributed by atoms with Gasteiger partial charge in [0, 0.05) is 78.3 Å². The van der Waals surface area contributed by atoms with Crippen molar-refractivity contribution in [2.75, 3.05) is 28.4 Å². The van der Waals surface area contributed by atoms with Crippen molar-refractivity contribution in [1.82, 2.24) is 0 Å². The second-order valence-electron chi connectivity index (χ2n) is 24.0. The predicted molar refractivity (Wildman–Crippen MR) is 269 cm³/mol. The molecule has 8 rings (SSSR count). The lowest BCUT2D eigenvalue weighted by molar-refractivity contribution is -0.355. The highest BCUT2D eigenvalue weighted by molar-refractivity contribution is 5.80. The van der Waals surface area contributed by atoms with Gasteiger partial charge in [-0.2, -0.15) is 0 Å². The van der Waals surface area contributed by atoms with Crippen LogP contribution in [0.5, 0.6) is 0 Å². The highest BCUT2D eigenvalue weighted by atomic mass is 16.8. The van der Waals surface area contributed by atoms with Crippen molar-refractivity contribution < 1.29 is 96.0 Å². The summed E-state index contributed by atoms with van der Waals surface area (Å²) in [7, 11) is 6.27. The van der Waals surface area contributed by atoms with E-state index in [0.717, 1.165) is 5.57 Å². The van der Waals surface area contributed by atoms with Crippen LogP contribution < -0.4 is 0 Å². The molecule has 0 aromatic carbocycles. The van der Waals surface area contributed by atoms with Crippen LogP contribution in [0, 0.1) is 34.5 Å². The molecule has 76 heavy (non-hydrogen) atoms. The van der Waals surface area contributed by atoms with E-state index in [1.807, 2.05) is 41.5 Å². The Morgan fingerprint density at radius 1 is 0.671 bits per heavy atom. The Bertz CT molecular complexity index is 2040. The number of Topliss-reactive ketones (excluding diaryl/α,β-unsaturated/α-hetero) is 1. The average molecular weight is 1080 g/mol. The van der Waals surface area contributed by atoms with Crippen molar-refractivity contribution in [2.24, 2.45) is 34.5 Å². The Labute approximate surface area is 449 Å². The summed E-state index contributed by atoms with van der Waals surface area (Å²) in [5.74, 6) is -2.34. The number of carbonyl (C=O) groups is 3. The smallest absolute Gasteiger partial charge is 0.306 e. The molecule has 0 aromatic heterocycles. The van der Waals surface area contributed by atoms with E-state index >= 15 is 0 Å². The number of aliphatic hydroxyl groups excluding tert-OH is 2. The summed E-state index contributed by atoms with van der Waals surface area (Å²) in [5.41, 5.74) is -1.94. The first kappa shape index (κ1) is 59.9. The molecule has 0 aromatic rings. The molecule has 3 N–H and O–H groups in total. The van der Waals surface area contributed by atoms with Gasteiger partial charge in [-0.15, -0.1) is 0 Å². The summed E-state index contributed by atoms with van der Waals surface area (Å²) in [6.07, 6.45) is -6.82. The quantitative estimate of drug-likeness (QED) is 0.130. The number of rotatable bonds is 17. The summed E-state index contributed by atoms with van der Waals surface area (Å²) in [6.45, 7) is 18.2. The van der Waals surface area contributed by atoms with Gasteiger partial charge in [0.05, 0.1) is 54.4 Å². The first-order valence-electron chi connectivity index (χ1n) is 27.9. The lowest BCUT2D eigenvalue weighted by Gasteiger charge is -2.64. The molecule has 8 aliphatic rings. The zero-order valence-electron chi connectivity index (χ0n) is 47.3. The van der Waals surface area contributed by atoms with E-state index in [2.05, 4.69) is 13.0 Å². The first-order chi connectivity index (χ1) is 35.9. The van der Waals surface area contributed by atoms with E-state index in [-0.39, 0.29) is 30.1 Å². The second kappa shape index (κ2) is 24.1. The van der Waals surface area contributed by atoms with Crippen molar-refractivity contribution in [3.05, 3.63) is 11.6 Å². The SMILES string of the molecule is CO[C@H]1[C@@H](O)[C@H](O[C@@H]2[C@@H](C)O[C@@H](O[C@H]3[C@@H](OC)C[C@H](O[C@H]4[C@@H](OC)C[C@H](O[C@@H]5CC[C@@]6(C)C(=CC[C@@H]7[C@@H]6[C@H](OC(C)=O)[C@@H](OC(=O)CC(C)C)[C@]6(C)[C@@H](C(C)=O)CC[C@]76O)C5)O[C@@H]4C)O[C@@H]3C)C[C@H]2OC)O[C@H](C)[C@H]1O. The normalized spacial score (nSPS) is 48.5. The maximum atomic E-state index is 13.6. The number of allylic oxidation sites excluding steroid dienone is 1.